The summed E-state index contributed by atoms with van der Waals surface area (Å²) in [5.74, 6) is 0. The number of hydrogen-bond donors (Lipinski definition) is 1. The summed E-state index contributed by atoms with van der Waals surface area (Å²) in [4.78, 5) is 0. The smallest absolute Gasteiger partial charge is 0.0861 e. The molecule has 1 atom stereocenters. The van der Waals surface area contributed by atoms with Crippen LogP contribution in [0, 0.1) is 5.41 Å². The predicted octanol–water partition coefficient (Wildman–Crippen LogP) is 1.53. The first kappa shape index (κ1) is 8.60. The van der Waals surface area contributed by atoms with E-state index >= 15 is 0 Å². The maximum absolute atomic E-state index is 5.59. The van der Waals surface area contributed by atoms with Gasteiger partial charge in [0.1, 0.15) is 0 Å². The van der Waals surface area contributed by atoms with E-state index in [-0.39, 0.29) is 5.41 Å². The molecule has 11 heavy (non-hydrogen) atoms. The molecule has 0 spiro atoms. The molecule has 0 aromatic carbocycles. The summed E-state index contributed by atoms with van der Waals surface area (Å²) in [6.45, 7) is 11.9. The molecule has 0 saturated carbocycles. The molecular formula is C9H17NO. The maximum Gasteiger partial charge on any atom is 0.0861 e. The van der Waals surface area contributed by atoms with Gasteiger partial charge in [-0.25, -0.2) is 0 Å². The molecule has 0 aromatic heterocycles. The minimum Gasteiger partial charge on any atom is -0.384 e. The second kappa shape index (κ2) is 2.86. The standard InChI is InChI=1S/C9H17NO/c1-7-6-11-8(5-10-7)9(2,3)4/h8,10H,1,5-6H2,2-4H3. The lowest BCUT2D eigenvalue weighted by atomic mass is 9.88. The van der Waals surface area contributed by atoms with Crippen molar-refractivity contribution in [2.24, 2.45) is 5.41 Å². The highest BCUT2D eigenvalue weighted by atomic mass is 16.5. The lowest BCUT2D eigenvalue weighted by molar-refractivity contribution is -0.0222. The summed E-state index contributed by atoms with van der Waals surface area (Å²) in [6, 6.07) is 0. The Kier molecular flexibility index (Phi) is 2.23. The molecule has 1 fully saturated rings. The molecule has 0 aromatic rings. The molecule has 0 bridgehead atoms. The van der Waals surface area contributed by atoms with Gasteiger partial charge in [0.2, 0.25) is 0 Å². The monoisotopic (exact) mass is 155 g/mol. The fraction of sp³-hybridized carbons (Fsp3) is 0.778. The van der Waals surface area contributed by atoms with E-state index in [4.69, 9.17) is 4.74 Å². The second-order valence-electron chi connectivity index (χ2n) is 4.15. The zero-order valence-corrected chi connectivity index (χ0v) is 7.61. The van der Waals surface area contributed by atoms with Gasteiger partial charge >= 0.3 is 0 Å². The Labute approximate surface area is 68.6 Å². The summed E-state index contributed by atoms with van der Waals surface area (Å²) >= 11 is 0. The topological polar surface area (TPSA) is 21.3 Å². The molecule has 1 saturated heterocycles. The van der Waals surface area contributed by atoms with E-state index in [1.165, 1.54) is 0 Å². The zero-order valence-electron chi connectivity index (χ0n) is 7.61. The molecule has 1 unspecified atom stereocenters. The zero-order chi connectivity index (χ0) is 8.48. The van der Waals surface area contributed by atoms with Crippen molar-refractivity contribution in [3.05, 3.63) is 12.3 Å². The molecule has 0 amide bonds. The highest BCUT2D eigenvalue weighted by molar-refractivity contribution is 4.97. The van der Waals surface area contributed by atoms with E-state index < -0.39 is 0 Å². The Morgan fingerprint density at radius 3 is 2.55 bits per heavy atom. The van der Waals surface area contributed by atoms with Crippen LogP contribution in [0.15, 0.2) is 12.3 Å². The number of ether oxygens (including phenoxy) is 1. The molecule has 0 radical (unpaired) electrons. The van der Waals surface area contributed by atoms with Gasteiger partial charge in [-0.3, -0.25) is 0 Å². The summed E-state index contributed by atoms with van der Waals surface area (Å²) in [7, 11) is 0. The number of morpholine rings is 1. The third kappa shape index (κ3) is 2.22. The van der Waals surface area contributed by atoms with Crippen LogP contribution < -0.4 is 5.32 Å². The van der Waals surface area contributed by atoms with Crippen LogP contribution in [0.5, 0.6) is 0 Å². The number of nitrogens with one attached hydrogen (secondary N) is 1. The maximum atomic E-state index is 5.59. The van der Waals surface area contributed by atoms with Gasteiger partial charge in [0.25, 0.3) is 0 Å². The summed E-state index contributed by atoms with van der Waals surface area (Å²) < 4.78 is 5.59. The molecule has 1 aliphatic heterocycles. The minimum atomic E-state index is 0.230. The highest BCUT2D eigenvalue weighted by Crippen LogP contribution is 2.23. The van der Waals surface area contributed by atoms with Gasteiger partial charge in [0.15, 0.2) is 0 Å². The summed E-state index contributed by atoms with van der Waals surface area (Å²) in [5, 5.41) is 3.22. The average Bonchev–Trinajstić information content (AvgIpc) is 1.86. The van der Waals surface area contributed by atoms with Crippen molar-refractivity contribution in [2.45, 2.75) is 26.9 Å². The molecule has 0 aliphatic carbocycles. The highest BCUT2D eigenvalue weighted by Gasteiger charge is 2.27. The van der Waals surface area contributed by atoms with Gasteiger partial charge in [0.05, 0.1) is 12.7 Å². The van der Waals surface area contributed by atoms with Crippen LogP contribution in [0.25, 0.3) is 0 Å². The first-order valence-corrected chi connectivity index (χ1v) is 4.03. The molecule has 1 N–H and O–H groups in total. The molecule has 64 valence electrons. The van der Waals surface area contributed by atoms with Crippen LogP contribution in [-0.2, 0) is 4.74 Å². The quantitative estimate of drug-likeness (QED) is 0.573. The van der Waals surface area contributed by atoms with E-state index in [1.807, 2.05) is 0 Å². The van der Waals surface area contributed by atoms with Crippen LogP contribution >= 0.6 is 0 Å². The van der Waals surface area contributed by atoms with Crippen LogP contribution in [0.2, 0.25) is 0 Å². The number of rotatable bonds is 0. The third-order valence-electron chi connectivity index (χ3n) is 1.96. The van der Waals surface area contributed by atoms with E-state index in [0.717, 1.165) is 12.2 Å². The van der Waals surface area contributed by atoms with Crippen LogP contribution in [0.3, 0.4) is 0 Å². The molecule has 1 aliphatic rings. The van der Waals surface area contributed by atoms with Crippen molar-refractivity contribution in [2.75, 3.05) is 13.2 Å². The normalized spacial score (nSPS) is 26.5. The van der Waals surface area contributed by atoms with Crippen LogP contribution in [-0.4, -0.2) is 19.3 Å². The van der Waals surface area contributed by atoms with Gasteiger partial charge < -0.3 is 10.1 Å². The van der Waals surface area contributed by atoms with Crippen molar-refractivity contribution < 1.29 is 4.74 Å². The van der Waals surface area contributed by atoms with Crippen molar-refractivity contribution in [3.63, 3.8) is 0 Å². The molecular weight excluding hydrogens is 138 g/mol. The van der Waals surface area contributed by atoms with Gasteiger partial charge in [-0.2, -0.15) is 0 Å². The fourth-order valence-corrected chi connectivity index (χ4v) is 1.10. The molecule has 2 heteroatoms. The van der Waals surface area contributed by atoms with Crippen molar-refractivity contribution >= 4 is 0 Å². The Morgan fingerprint density at radius 1 is 1.55 bits per heavy atom. The van der Waals surface area contributed by atoms with Gasteiger partial charge in [-0.15, -0.1) is 0 Å². The predicted molar refractivity (Wildman–Crippen MR) is 46.3 cm³/mol. The van der Waals surface area contributed by atoms with Crippen molar-refractivity contribution in [1.82, 2.24) is 5.32 Å². The van der Waals surface area contributed by atoms with Crippen molar-refractivity contribution in [1.29, 1.82) is 0 Å². The lowest BCUT2D eigenvalue weighted by Crippen LogP contribution is -2.43. The number of hydrogen-bond acceptors (Lipinski definition) is 2. The van der Waals surface area contributed by atoms with Crippen LogP contribution in [0.1, 0.15) is 20.8 Å². The van der Waals surface area contributed by atoms with Crippen LogP contribution in [0.4, 0.5) is 0 Å². The second-order valence-corrected chi connectivity index (χ2v) is 4.15. The average molecular weight is 155 g/mol. The SMILES string of the molecule is C=C1COC(C(C)(C)C)CN1. The Balaban J connectivity index is 2.45. The Morgan fingerprint density at radius 2 is 2.18 bits per heavy atom. The lowest BCUT2D eigenvalue weighted by Gasteiger charge is -2.35. The Bertz CT molecular complexity index is 147. The molecule has 1 rings (SSSR count). The third-order valence-corrected chi connectivity index (χ3v) is 1.96. The summed E-state index contributed by atoms with van der Waals surface area (Å²) in [6.07, 6.45) is 0.313. The van der Waals surface area contributed by atoms with Gasteiger partial charge in [0, 0.05) is 12.2 Å². The fourth-order valence-electron chi connectivity index (χ4n) is 1.10. The van der Waals surface area contributed by atoms with E-state index in [0.29, 0.717) is 12.7 Å². The van der Waals surface area contributed by atoms with Crippen molar-refractivity contribution in [3.8, 4) is 0 Å². The van der Waals surface area contributed by atoms with E-state index in [9.17, 15) is 0 Å². The molecule has 2 nitrogen and oxygen atoms in total. The summed E-state index contributed by atoms with van der Waals surface area (Å²) in [5.41, 5.74) is 1.22. The van der Waals surface area contributed by atoms with Gasteiger partial charge in [-0.1, -0.05) is 27.4 Å². The first-order valence-electron chi connectivity index (χ1n) is 4.03. The largest absolute Gasteiger partial charge is 0.384 e. The van der Waals surface area contributed by atoms with E-state index in [1.54, 1.807) is 0 Å². The Hall–Kier alpha value is -0.500. The van der Waals surface area contributed by atoms with Gasteiger partial charge in [-0.05, 0) is 5.41 Å². The first-order chi connectivity index (χ1) is 5.00. The molecule has 1 heterocycles. The minimum absolute atomic E-state index is 0.230. The van der Waals surface area contributed by atoms with E-state index in [2.05, 4.69) is 32.7 Å².